The van der Waals surface area contributed by atoms with Crippen LogP contribution in [0.2, 0.25) is 0 Å². The van der Waals surface area contributed by atoms with E-state index in [-0.39, 0.29) is 6.42 Å². The van der Waals surface area contributed by atoms with Crippen molar-refractivity contribution < 1.29 is 14.5 Å². The van der Waals surface area contributed by atoms with Gasteiger partial charge >= 0.3 is 5.97 Å². The summed E-state index contributed by atoms with van der Waals surface area (Å²) < 4.78 is 2.18. The van der Waals surface area contributed by atoms with Crippen LogP contribution in [0.5, 0.6) is 0 Å². The van der Waals surface area contributed by atoms with E-state index in [1.807, 2.05) is 0 Å². The summed E-state index contributed by atoms with van der Waals surface area (Å²) >= 11 is 1.55. The molecule has 5 heteroatoms. The highest BCUT2D eigenvalue weighted by Crippen LogP contribution is 2.30. The minimum Gasteiger partial charge on any atom is -0.481 e. The third-order valence-corrected chi connectivity index (χ3v) is 7.17. The molecule has 178 valence electrons. The molecule has 0 radical (unpaired) electrons. The molecule has 2 aromatic carbocycles. The monoisotopic (exact) mass is 483 g/mol. The molecule has 2 heterocycles. The molecular formula is C30H31N2O2S+. The van der Waals surface area contributed by atoms with E-state index in [1.54, 1.807) is 11.8 Å². The van der Waals surface area contributed by atoms with E-state index < -0.39 is 5.97 Å². The van der Waals surface area contributed by atoms with Gasteiger partial charge in [0.15, 0.2) is 0 Å². The van der Waals surface area contributed by atoms with Gasteiger partial charge in [-0.3, -0.25) is 4.79 Å². The number of likely N-dealkylation sites (N-methyl/N-ethyl adjacent to an activating group) is 1. The molecule has 3 aromatic rings. The highest BCUT2D eigenvalue weighted by Gasteiger charge is 2.13. The van der Waals surface area contributed by atoms with Gasteiger partial charge in [0.05, 0.1) is 6.42 Å². The number of rotatable bonds is 7. The van der Waals surface area contributed by atoms with Gasteiger partial charge in [0.25, 0.3) is 0 Å². The molecular weight excluding hydrogens is 452 g/mol. The van der Waals surface area contributed by atoms with Gasteiger partial charge in [-0.05, 0) is 68.0 Å². The van der Waals surface area contributed by atoms with Gasteiger partial charge < -0.3 is 10.0 Å². The summed E-state index contributed by atoms with van der Waals surface area (Å²) in [4.78, 5) is 14.3. The number of hydrogen-bond acceptors (Lipinski definition) is 3. The van der Waals surface area contributed by atoms with Gasteiger partial charge in [0, 0.05) is 52.7 Å². The van der Waals surface area contributed by atoms with Crippen LogP contribution in [0.3, 0.4) is 0 Å². The molecule has 1 aliphatic rings. The first-order valence-corrected chi connectivity index (χ1v) is 12.7. The Morgan fingerprint density at radius 3 is 2.63 bits per heavy atom. The molecule has 0 unspecified atom stereocenters. The number of aliphatic carboxylic acids is 1. The zero-order chi connectivity index (χ0) is 24.9. The molecule has 0 fully saturated rings. The van der Waals surface area contributed by atoms with Crippen molar-refractivity contribution in [1.29, 1.82) is 0 Å². The summed E-state index contributed by atoms with van der Waals surface area (Å²) in [6, 6.07) is 17.2. The number of allylic oxidation sites excluding steroid dienone is 4. The molecule has 0 atom stereocenters. The predicted molar refractivity (Wildman–Crippen MR) is 148 cm³/mol. The Balaban J connectivity index is 1.62. The van der Waals surface area contributed by atoms with Crippen LogP contribution in [0.25, 0.3) is 23.1 Å². The second kappa shape index (κ2) is 10.8. The number of fused-ring (bicyclic) bond motifs is 2. The van der Waals surface area contributed by atoms with E-state index in [2.05, 4.69) is 122 Å². The van der Waals surface area contributed by atoms with E-state index in [9.17, 15) is 4.79 Å². The van der Waals surface area contributed by atoms with Crippen molar-refractivity contribution in [2.45, 2.75) is 20.3 Å². The fourth-order valence-electron chi connectivity index (χ4n) is 4.16. The highest BCUT2D eigenvalue weighted by molar-refractivity contribution is 8.03. The van der Waals surface area contributed by atoms with Gasteiger partial charge in [-0.1, -0.05) is 29.3 Å². The number of benzene rings is 2. The molecule has 4 rings (SSSR count). The summed E-state index contributed by atoms with van der Waals surface area (Å²) in [5.41, 5.74) is 8.21. The maximum atomic E-state index is 11.1. The van der Waals surface area contributed by atoms with E-state index in [0.29, 0.717) is 5.75 Å². The maximum absolute atomic E-state index is 11.1. The molecule has 1 aromatic heterocycles. The normalized spacial score (nSPS) is 14.8. The standard InChI is InChI=1S/C30H30N2O2S/c1-21-5-15-28-23(19-21)7-9-25(31(28)3)11-13-27(35-18-17-30(33)34)14-12-26-10-8-24-20-22(2)6-16-29(24)32(26)4/h5-16,19-20H,17-18H2,1-4H3/p+1. The molecule has 35 heavy (non-hydrogen) atoms. The van der Waals surface area contributed by atoms with Crippen LogP contribution in [0.1, 0.15) is 28.8 Å². The van der Waals surface area contributed by atoms with Gasteiger partial charge in [-0.2, -0.15) is 4.57 Å². The lowest BCUT2D eigenvalue weighted by atomic mass is 10.0. The molecule has 0 saturated heterocycles. The quantitative estimate of drug-likeness (QED) is 0.311. The van der Waals surface area contributed by atoms with Crippen LogP contribution < -0.4 is 9.47 Å². The van der Waals surface area contributed by atoms with Crippen molar-refractivity contribution in [3.05, 3.63) is 106 Å². The van der Waals surface area contributed by atoms with Gasteiger partial charge in [0.2, 0.25) is 11.2 Å². The SMILES string of the molecule is Cc1ccc2c(c1)C=CC(=CC=C(C=Cc1ccc3cc(C)ccc3[n+]1C)SCCC(=O)O)N2C. The van der Waals surface area contributed by atoms with Crippen LogP contribution in [0.15, 0.2) is 83.4 Å². The summed E-state index contributed by atoms with van der Waals surface area (Å²) in [5, 5.41) is 10.3. The Morgan fingerprint density at radius 2 is 1.83 bits per heavy atom. The van der Waals surface area contributed by atoms with Crippen molar-refractivity contribution in [3.8, 4) is 0 Å². The molecule has 1 aliphatic heterocycles. The molecule has 0 bridgehead atoms. The fraction of sp³-hybridized carbons (Fsp3) is 0.200. The third kappa shape index (κ3) is 5.92. The Morgan fingerprint density at radius 1 is 1.06 bits per heavy atom. The average molecular weight is 484 g/mol. The largest absolute Gasteiger partial charge is 0.481 e. The van der Waals surface area contributed by atoms with E-state index in [1.165, 1.54) is 33.3 Å². The minimum atomic E-state index is -0.780. The molecule has 1 N–H and O–H groups in total. The molecule has 0 spiro atoms. The second-order valence-corrected chi connectivity index (χ2v) is 9.99. The van der Waals surface area contributed by atoms with Crippen LogP contribution in [-0.4, -0.2) is 23.9 Å². The number of carboxylic acid groups (broad SMARTS) is 1. The van der Waals surface area contributed by atoms with Crippen LogP contribution in [0, 0.1) is 13.8 Å². The number of carboxylic acids is 1. The topological polar surface area (TPSA) is 44.4 Å². The maximum Gasteiger partial charge on any atom is 0.304 e. The van der Waals surface area contributed by atoms with Crippen LogP contribution >= 0.6 is 11.8 Å². The number of hydrogen-bond donors (Lipinski definition) is 1. The smallest absolute Gasteiger partial charge is 0.304 e. The van der Waals surface area contributed by atoms with Gasteiger partial charge in [0.1, 0.15) is 7.05 Å². The number of carbonyl (C=O) groups is 1. The van der Waals surface area contributed by atoms with E-state index in [4.69, 9.17) is 5.11 Å². The van der Waals surface area contributed by atoms with Crippen molar-refractivity contribution >= 4 is 46.5 Å². The van der Waals surface area contributed by atoms with Crippen molar-refractivity contribution in [3.63, 3.8) is 0 Å². The lowest BCUT2D eigenvalue weighted by molar-refractivity contribution is -0.646. The molecule has 0 saturated carbocycles. The molecule has 0 aliphatic carbocycles. The number of aryl methyl sites for hydroxylation is 3. The first-order valence-electron chi connectivity index (χ1n) is 11.7. The van der Waals surface area contributed by atoms with Gasteiger partial charge in [-0.25, -0.2) is 0 Å². The first-order chi connectivity index (χ1) is 16.8. The fourth-order valence-corrected chi connectivity index (χ4v) is 5.00. The number of anilines is 1. The zero-order valence-corrected chi connectivity index (χ0v) is 21.5. The van der Waals surface area contributed by atoms with Gasteiger partial charge in [-0.15, -0.1) is 11.8 Å². The molecule has 0 amide bonds. The number of thioether (sulfide) groups is 1. The summed E-state index contributed by atoms with van der Waals surface area (Å²) in [7, 11) is 4.14. The Kier molecular flexibility index (Phi) is 7.57. The second-order valence-electron chi connectivity index (χ2n) is 8.82. The van der Waals surface area contributed by atoms with Crippen molar-refractivity contribution in [2.24, 2.45) is 7.05 Å². The number of nitrogens with zero attached hydrogens (tertiary/aromatic N) is 2. The van der Waals surface area contributed by atoms with Crippen LogP contribution in [0.4, 0.5) is 5.69 Å². The van der Waals surface area contributed by atoms with E-state index in [0.717, 1.165) is 16.3 Å². The Bertz CT molecular complexity index is 1400. The highest BCUT2D eigenvalue weighted by atomic mass is 32.2. The lowest BCUT2D eigenvalue weighted by Crippen LogP contribution is -2.32. The lowest BCUT2D eigenvalue weighted by Gasteiger charge is -2.26. The first kappa shape index (κ1) is 24.6. The summed E-state index contributed by atoms with van der Waals surface area (Å²) in [5.74, 6) is -0.261. The van der Waals surface area contributed by atoms with Crippen LogP contribution in [-0.2, 0) is 11.8 Å². The minimum absolute atomic E-state index is 0.127. The van der Waals surface area contributed by atoms with Crippen molar-refractivity contribution in [1.82, 2.24) is 0 Å². The third-order valence-electron chi connectivity index (χ3n) is 6.15. The average Bonchev–Trinajstić information content (AvgIpc) is 2.82. The predicted octanol–water partition coefficient (Wildman–Crippen LogP) is 6.43. The van der Waals surface area contributed by atoms with E-state index >= 15 is 0 Å². The number of aromatic nitrogens is 1. The van der Waals surface area contributed by atoms with Crippen molar-refractivity contribution in [2.75, 3.05) is 17.7 Å². The molecule has 4 nitrogen and oxygen atoms in total. The zero-order valence-electron chi connectivity index (χ0n) is 20.7. The summed E-state index contributed by atoms with van der Waals surface area (Å²) in [6.45, 7) is 4.21. The Hall–Kier alpha value is -3.57. The Labute approximate surface area is 211 Å². The summed E-state index contributed by atoms with van der Waals surface area (Å²) in [6.07, 6.45) is 12.7. The number of pyridine rings is 1.